The predicted octanol–water partition coefficient (Wildman–Crippen LogP) is 4.60. The lowest BCUT2D eigenvalue weighted by Crippen LogP contribution is -2.06. The maximum Gasteiger partial charge on any atom is 0.166 e. The number of hydrogen-bond acceptors (Lipinski definition) is 2. The zero-order chi connectivity index (χ0) is 15.1. The van der Waals surface area contributed by atoms with Crippen LogP contribution in [0.25, 0.3) is 0 Å². The Morgan fingerprint density at radius 2 is 1.76 bits per heavy atom. The van der Waals surface area contributed by atoms with Gasteiger partial charge < -0.3 is 4.74 Å². The number of aryl methyl sites for hydroxylation is 2. The Hall–Kier alpha value is -2.09. The van der Waals surface area contributed by atoms with E-state index < -0.39 is 0 Å². The fraction of sp³-hybridized carbons (Fsp3) is 0.316. The topological polar surface area (TPSA) is 26.3 Å². The molecule has 2 heteroatoms. The van der Waals surface area contributed by atoms with Crippen LogP contribution in [-0.4, -0.2) is 12.4 Å². The smallest absolute Gasteiger partial charge is 0.166 e. The van der Waals surface area contributed by atoms with E-state index in [4.69, 9.17) is 4.74 Å². The van der Waals surface area contributed by atoms with E-state index in [0.29, 0.717) is 24.3 Å². The molecule has 0 N–H and O–H groups in total. The van der Waals surface area contributed by atoms with Gasteiger partial charge in [-0.25, -0.2) is 0 Å². The lowest BCUT2D eigenvalue weighted by Gasteiger charge is -2.10. The summed E-state index contributed by atoms with van der Waals surface area (Å²) in [6.07, 6.45) is 2.21. The van der Waals surface area contributed by atoms with Crippen molar-refractivity contribution >= 4 is 5.78 Å². The molecule has 0 heterocycles. The molecule has 0 fully saturated rings. The van der Waals surface area contributed by atoms with Crippen molar-refractivity contribution in [3.05, 3.63) is 65.2 Å². The molecule has 0 unspecified atom stereocenters. The van der Waals surface area contributed by atoms with Crippen LogP contribution in [0.15, 0.2) is 48.5 Å². The second-order valence-corrected chi connectivity index (χ2v) is 5.25. The molecule has 0 aliphatic rings. The van der Waals surface area contributed by atoms with E-state index in [1.807, 2.05) is 24.3 Å². The summed E-state index contributed by atoms with van der Waals surface area (Å²) < 4.78 is 5.65. The molecule has 0 radical (unpaired) electrons. The molecule has 0 spiro atoms. The number of rotatable bonds is 7. The quantitative estimate of drug-likeness (QED) is 0.694. The van der Waals surface area contributed by atoms with Gasteiger partial charge in [0.2, 0.25) is 0 Å². The predicted molar refractivity (Wildman–Crippen MR) is 86.1 cm³/mol. The first kappa shape index (κ1) is 15.3. The largest absolute Gasteiger partial charge is 0.493 e. The second kappa shape index (κ2) is 7.63. The summed E-state index contributed by atoms with van der Waals surface area (Å²) in [5.41, 5.74) is 3.13. The van der Waals surface area contributed by atoms with Gasteiger partial charge in [0.15, 0.2) is 5.78 Å². The Bertz CT molecular complexity index is 585. The normalized spacial score (nSPS) is 10.4. The van der Waals surface area contributed by atoms with Crippen molar-refractivity contribution in [1.29, 1.82) is 0 Å². The highest BCUT2D eigenvalue weighted by Gasteiger charge is 2.11. The average molecular weight is 282 g/mol. The van der Waals surface area contributed by atoms with Crippen molar-refractivity contribution in [2.45, 2.75) is 33.1 Å². The van der Waals surface area contributed by atoms with E-state index in [1.165, 1.54) is 11.1 Å². The number of para-hydroxylation sites is 1. The Labute approximate surface area is 126 Å². The molecule has 0 saturated carbocycles. The van der Waals surface area contributed by atoms with Gasteiger partial charge >= 0.3 is 0 Å². The van der Waals surface area contributed by atoms with Crippen LogP contribution < -0.4 is 4.74 Å². The standard InChI is InChI=1S/C19H22O2/c1-3-14-21-19-7-5-4-6-17(19)18(20)13-12-16-10-8-15(2)9-11-16/h4-11H,3,12-14H2,1-2H3. The summed E-state index contributed by atoms with van der Waals surface area (Å²) in [6, 6.07) is 15.8. The van der Waals surface area contributed by atoms with Crippen molar-refractivity contribution in [2.75, 3.05) is 6.61 Å². The number of benzene rings is 2. The molecule has 2 nitrogen and oxygen atoms in total. The van der Waals surface area contributed by atoms with Gasteiger partial charge in [0.05, 0.1) is 12.2 Å². The third kappa shape index (κ3) is 4.45. The van der Waals surface area contributed by atoms with E-state index >= 15 is 0 Å². The van der Waals surface area contributed by atoms with Crippen LogP contribution in [0.2, 0.25) is 0 Å². The number of hydrogen-bond donors (Lipinski definition) is 0. The Morgan fingerprint density at radius 1 is 1.05 bits per heavy atom. The van der Waals surface area contributed by atoms with Crippen LogP contribution in [-0.2, 0) is 6.42 Å². The number of ketones is 1. The second-order valence-electron chi connectivity index (χ2n) is 5.25. The minimum absolute atomic E-state index is 0.141. The average Bonchev–Trinajstić information content (AvgIpc) is 2.52. The van der Waals surface area contributed by atoms with Crippen LogP contribution in [0, 0.1) is 6.92 Å². The van der Waals surface area contributed by atoms with Gasteiger partial charge in [0.1, 0.15) is 5.75 Å². The summed E-state index contributed by atoms with van der Waals surface area (Å²) in [5, 5.41) is 0. The Morgan fingerprint density at radius 3 is 2.48 bits per heavy atom. The monoisotopic (exact) mass is 282 g/mol. The van der Waals surface area contributed by atoms with Crippen LogP contribution >= 0.6 is 0 Å². The molecule has 110 valence electrons. The molecule has 0 amide bonds. The van der Waals surface area contributed by atoms with Crippen molar-refractivity contribution < 1.29 is 9.53 Å². The van der Waals surface area contributed by atoms with Crippen LogP contribution in [0.5, 0.6) is 5.75 Å². The zero-order valence-corrected chi connectivity index (χ0v) is 12.8. The zero-order valence-electron chi connectivity index (χ0n) is 12.8. The molecule has 0 aliphatic carbocycles. The fourth-order valence-electron chi connectivity index (χ4n) is 2.18. The molecule has 0 atom stereocenters. The fourth-order valence-corrected chi connectivity index (χ4v) is 2.18. The van der Waals surface area contributed by atoms with Gasteiger partial charge in [-0.1, -0.05) is 48.9 Å². The highest BCUT2D eigenvalue weighted by molar-refractivity contribution is 5.98. The molecule has 21 heavy (non-hydrogen) atoms. The molecule has 2 aromatic rings. The molecule has 0 saturated heterocycles. The number of ether oxygens (including phenoxy) is 1. The van der Waals surface area contributed by atoms with E-state index in [-0.39, 0.29) is 5.78 Å². The van der Waals surface area contributed by atoms with Crippen molar-refractivity contribution in [3.63, 3.8) is 0 Å². The Kier molecular flexibility index (Phi) is 5.56. The van der Waals surface area contributed by atoms with Gasteiger partial charge in [-0.15, -0.1) is 0 Å². The van der Waals surface area contributed by atoms with E-state index in [1.54, 1.807) is 0 Å². The molecule has 2 aromatic carbocycles. The highest BCUT2D eigenvalue weighted by atomic mass is 16.5. The Balaban J connectivity index is 2.01. The minimum atomic E-state index is 0.141. The van der Waals surface area contributed by atoms with Gasteiger partial charge in [-0.05, 0) is 37.5 Å². The number of carbonyl (C=O) groups excluding carboxylic acids is 1. The minimum Gasteiger partial charge on any atom is -0.493 e. The van der Waals surface area contributed by atoms with Gasteiger partial charge in [-0.3, -0.25) is 4.79 Å². The van der Waals surface area contributed by atoms with Gasteiger partial charge in [0.25, 0.3) is 0 Å². The maximum absolute atomic E-state index is 12.4. The third-order valence-electron chi connectivity index (χ3n) is 3.41. The van der Waals surface area contributed by atoms with Crippen LogP contribution in [0.1, 0.15) is 41.3 Å². The van der Waals surface area contributed by atoms with Crippen LogP contribution in [0.4, 0.5) is 0 Å². The third-order valence-corrected chi connectivity index (χ3v) is 3.41. The maximum atomic E-state index is 12.4. The molecule has 2 rings (SSSR count). The lowest BCUT2D eigenvalue weighted by atomic mass is 10.0. The number of carbonyl (C=O) groups is 1. The van der Waals surface area contributed by atoms with Crippen molar-refractivity contribution in [1.82, 2.24) is 0 Å². The lowest BCUT2D eigenvalue weighted by molar-refractivity contribution is 0.0979. The van der Waals surface area contributed by atoms with Gasteiger partial charge in [0, 0.05) is 6.42 Å². The van der Waals surface area contributed by atoms with E-state index in [9.17, 15) is 4.79 Å². The summed E-state index contributed by atoms with van der Waals surface area (Å²) in [7, 11) is 0. The summed E-state index contributed by atoms with van der Waals surface area (Å²) in [6.45, 7) is 4.76. The van der Waals surface area contributed by atoms with Gasteiger partial charge in [-0.2, -0.15) is 0 Å². The molecular weight excluding hydrogens is 260 g/mol. The summed E-state index contributed by atoms with van der Waals surface area (Å²) >= 11 is 0. The number of Topliss-reactive ketones (excluding diaryl/α,β-unsaturated/α-hetero) is 1. The molecule has 0 aliphatic heterocycles. The summed E-state index contributed by atoms with van der Waals surface area (Å²) in [4.78, 5) is 12.4. The highest BCUT2D eigenvalue weighted by Crippen LogP contribution is 2.20. The molecule has 0 aromatic heterocycles. The van der Waals surface area contributed by atoms with E-state index in [2.05, 4.69) is 38.1 Å². The van der Waals surface area contributed by atoms with E-state index in [0.717, 1.165) is 12.8 Å². The first-order valence-corrected chi connectivity index (χ1v) is 7.51. The molecular formula is C19H22O2. The first-order valence-electron chi connectivity index (χ1n) is 7.51. The SMILES string of the molecule is CCCOc1ccccc1C(=O)CCc1ccc(C)cc1. The van der Waals surface area contributed by atoms with Crippen LogP contribution in [0.3, 0.4) is 0 Å². The van der Waals surface area contributed by atoms with Crippen molar-refractivity contribution in [3.8, 4) is 5.75 Å². The summed E-state index contributed by atoms with van der Waals surface area (Å²) in [5.74, 6) is 0.843. The first-order chi connectivity index (χ1) is 10.2. The molecule has 0 bridgehead atoms. The van der Waals surface area contributed by atoms with Crippen molar-refractivity contribution in [2.24, 2.45) is 0 Å².